The van der Waals surface area contributed by atoms with Crippen molar-refractivity contribution < 1.29 is 4.48 Å². The van der Waals surface area contributed by atoms with Gasteiger partial charge in [0.15, 0.2) is 0 Å². The smallest absolute Gasteiger partial charge is 0.101 e. The molecule has 6 unspecified atom stereocenters. The van der Waals surface area contributed by atoms with E-state index < -0.39 is 0 Å². The van der Waals surface area contributed by atoms with E-state index in [0.717, 1.165) is 29.8 Å². The SMILES string of the molecule is CCC1C(CC)[N+]2(C)CC3CCCC3C12. The van der Waals surface area contributed by atoms with Crippen molar-refractivity contribution in [3.05, 3.63) is 0 Å². The zero-order chi connectivity index (χ0) is 10.6. The van der Waals surface area contributed by atoms with Crippen LogP contribution in [-0.4, -0.2) is 30.2 Å². The molecule has 0 bridgehead atoms. The van der Waals surface area contributed by atoms with Crippen LogP contribution in [0.15, 0.2) is 0 Å². The van der Waals surface area contributed by atoms with Gasteiger partial charge in [0.2, 0.25) is 0 Å². The third-order valence-electron chi connectivity index (χ3n) is 6.05. The van der Waals surface area contributed by atoms with Gasteiger partial charge < -0.3 is 4.48 Å². The molecule has 3 rings (SSSR count). The maximum Gasteiger partial charge on any atom is 0.101 e. The summed E-state index contributed by atoms with van der Waals surface area (Å²) in [7, 11) is 2.56. The summed E-state index contributed by atoms with van der Waals surface area (Å²) in [6, 6.07) is 2.07. The maximum atomic E-state index is 2.56. The Labute approximate surface area is 94.4 Å². The Balaban J connectivity index is 1.87. The van der Waals surface area contributed by atoms with Crippen LogP contribution in [0, 0.1) is 17.8 Å². The molecule has 1 heteroatoms. The van der Waals surface area contributed by atoms with Crippen LogP contribution in [0.2, 0.25) is 0 Å². The normalized spacial score (nSPS) is 57.4. The van der Waals surface area contributed by atoms with Crippen molar-refractivity contribution in [3.8, 4) is 0 Å². The molecule has 0 amide bonds. The summed E-state index contributed by atoms with van der Waals surface area (Å²) in [5, 5.41) is 0. The fraction of sp³-hybridized carbons (Fsp3) is 1.00. The van der Waals surface area contributed by atoms with Crippen molar-refractivity contribution in [2.24, 2.45) is 17.8 Å². The maximum absolute atomic E-state index is 2.56. The summed E-state index contributed by atoms with van der Waals surface area (Å²) < 4.78 is 1.46. The lowest BCUT2D eigenvalue weighted by molar-refractivity contribution is -1.00. The highest BCUT2D eigenvalue weighted by atomic mass is 15.5. The van der Waals surface area contributed by atoms with E-state index >= 15 is 0 Å². The molecule has 3 aliphatic rings. The van der Waals surface area contributed by atoms with Crippen LogP contribution in [0.5, 0.6) is 0 Å². The monoisotopic (exact) mass is 208 g/mol. The van der Waals surface area contributed by atoms with E-state index in [1.54, 1.807) is 12.8 Å². The Morgan fingerprint density at radius 3 is 2.60 bits per heavy atom. The standard InChI is InChI=1S/C14H26N/c1-4-11-13(5-2)15(3)9-10-7-6-8-12(10)14(11)15/h10-14H,4-9H2,1-3H3/q+1. The first-order valence-electron chi connectivity index (χ1n) is 7.07. The molecule has 0 aromatic rings. The number of rotatable bonds is 2. The molecule has 1 saturated carbocycles. The number of hydrogen-bond donors (Lipinski definition) is 0. The molecule has 86 valence electrons. The summed E-state index contributed by atoms with van der Waals surface area (Å²) in [4.78, 5) is 0. The third kappa shape index (κ3) is 1.08. The minimum Gasteiger partial charge on any atom is -0.320 e. The molecule has 1 nitrogen and oxygen atoms in total. The van der Waals surface area contributed by atoms with Crippen molar-refractivity contribution in [2.75, 3.05) is 13.6 Å². The van der Waals surface area contributed by atoms with Crippen LogP contribution in [0.4, 0.5) is 0 Å². The molecule has 15 heavy (non-hydrogen) atoms. The number of hydrogen-bond acceptors (Lipinski definition) is 0. The van der Waals surface area contributed by atoms with Gasteiger partial charge in [-0.1, -0.05) is 20.3 Å². The lowest BCUT2D eigenvalue weighted by Crippen LogP contribution is -2.73. The van der Waals surface area contributed by atoms with Crippen LogP contribution < -0.4 is 0 Å². The van der Waals surface area contributed by atoms with Gasteiger partial charge in [-0.2, -0.15) is 0 Å². The predicted molar refractivity (Wildman–Crippen MR) is 63.5 cm³/mol. The van der Waals surface area contributed by atoms with Gasteiger partial charge in [0.1, 0.15) is 6.04 Å². The largest absolute Gasteiger partial charge is 0.320 e. The van der Waals surface area contributed by atoms with Crippen molar-refractivity contribution in [2.45, 2.75) is 58.0 Å². The van der Waals surface area contributed by atoms with Crippen LogP contribution in [-0.2, 0) is 0 Å². The molecule has 0 radical (unpaired) electrons. The first-order valence-corrected chi connectivity index (χ1v) is 7.07. The quantitative estimate of drug-likeness (QED) is 0.612. The Bertz CT molecular complexity index is 262. The molecule has 2 aliphatic heterocycles. The molecule has 0 N–H and O–H groups in total. The minimum atomic E-state index is 1.01. The topological polar surface area (TPSA) is 0 Å². The zero-order valence-electron chi connectivity index (χ0n) is 10.6. The van der Waals surface area contributed by atoms with E-state index in [2.05, 4.69) is 20.9 Å². The Morgan fingerprint density at radius 1 is 1.13 bits per heavy atom. The van der Waals surface area contributed by atoms with Crippen molar-refractivity contribution >= 4 is 0 Å². The van der Waals surface area contributed by atoms with Gasteiger partial charge in [-0.05, 0) is 25.7 Å². The summed E-state index contributed by atoms with van der Waals surface area (Å²) in [5.41, 5.74) is 0. The number of fused-ring (bicyclic) bond motifs is 3. The molecule has 6 atom stereocenters. The first-order chi connectivity index (χ1) is 7.22. The van der Waals surface area contributed by atoms with E-state index in [1.165, 1.54) is 30.3 Å². The van der Waals surface area contributed by atoms with Gasteiger partial charge in [-0.15, -0.1) is 0 Å². The Morgan fingerprint density at radius 2 is 1.93 bits per heavy atom. The highest BCUT2D eigenvalue weighted by Crippen LogP contribution is 2.57. The number of nitrogens with zero attached hydrogens (tertiary/aromatic N) is 1. The average molecular weight is 208 g/mol. The van der Waals surface area contributed by atoms with Gasteiger partial charge >= 0.3 is 0 Å². The summed E-state index contributed by atoms with van der Waals surface area (Å²) >= 11 is 0. The van der Waals surface area contributed by atoms with Crippen LogP contribution >= 0.6 is 0 Å². The molecule has 0 aromatic heterocycles. The first kappa shape index (κ1) is 10.1. The second-order valence-electron chi connectivity index (χ2n) is 6.42. The Hall–Kier alpha value is -0.0400. The molecule has 0 aromatic carbocycles. The molecular weight excluding hydrogens is 182 g/mol. The van der Waals surface area contributed by atoms with Crippen LogP contribution in [0.1, 0.15) is 46.0 Å². The lowest BCUT2D eigenvalue weighted by Gasteiger charge is -2.59. The van der Waals surface area contributed by atoms with Crippen LogP contribution in [0.3, 0.4) is 0 Å². The average Bonchev–Trinajstić information content (AvgIpc) is 2.70. The fourth-order valence-corrected chi connectivity index (χ4v) is 5.71. The van der Waals surface area contributed by atoms with Gasteiger partial charge in [0.05, 0.1) is 25.6 Å². The zero-order valence-corrected chi connectivity index (χ0v) is 10.6. The van der Waals surface area contributed by atoms with Gasteiger partial charge in [0, 0.05) is 11.8 Å². The highest BCUT2D eigenvalue weighted by Gasteiger charge is 2.67. The molecule has 3 fully saturated rings. The number of quaternary nitrogens is 1. The van der Waals surface area contributed by atoms with E-state index in [-0.39, 0.29) is 0 Å². The van der Waals surface area contributed by atoms with Gasteiger partial charge in [-0.25, -0.2) is 0 Å². The molecule has 0 spiro atoms. The summed E-state index contributed by atoms with van der Waals surface area (Å²) in [5.74, 6) is 3.28. The minimum absolute atomic E-state index is 1.01. The lowest BCUT2D eigenvalue weighted by atomic mass is 9.71. The van der Waals surface area contributed by atoms with Crippen molar-refractivity contribution in [1.29, 1.82) is 0 Å². The molecular formula is C14H26N+. The highest BCUT2D eigenvalue weighted by molar-refractivity contribution is 5.01. The fourth-order valence-electron chi connectivity index (χ4n) is 5.71. The van der Waals surface area contributed by atoms with Gasteiger partial charge in [-0.3, -0.25) is 0 Å². The van der Waals surface area contributed by atoms with E-state index in [4.69, 9.17) is 0 Å². The summed E-state index contributed by atoms with van der Waals surface area (Å²) in [6.07, 6.45) is 7.46. The van der Waals surface area contributed by atoms with Crippen LogP contribution in [0.25, 0.3) is 0 Å². The predicted octanol–water partition coefficient (Wildman–Crippen LogP) is 3.05. The van der Waals surface area contributed by atoms with Crippen molar-refractivity contribution in [3.63, 3.8) is 0 Å². The third-order valence-corrected chi connectivity index (χ3v) is 6.05. The van der Waals surface area contributed by atoms with Gasteiger partial charge in [0.25, 0.3) is 0 Å². The van der Waals surface area contributed by atoms with Crippen molar-refractivity contribution in [1.82, 2.24) is 0 Å². The second-order valence-corrected chi connectivity index (χ2v) is 6.42. The molecule has 2 saturated heterocycles. The Kier molecular flexibility index (Phi) is 2.18. The summed E-state index contributed by atoms with van der Waals surface area (Å²) in [6.45, 7) is 6.34. The second kappa shape index (κ2) is 3.23. The van der Waals surface area contributed by atoms with E-state index in [1.807, 2.05) is 0 Å². The molecule has 1 aliphatic carbocycles. The molecule has 2 heterocycles. The van der Waals surface area contributed by atoms with E-state index in [0.29, 0.717) is 0 Å². The van der Waals surface area contributed by atoms with E-state index in [9.17, 15) is 0 Å².